The highest BCUT2D eigenvalue weighted by Gasteiger charge is 2.27. The number of amides is 1. The van der Waals surface area contributed by atoms with E-state index in [-0.39, 0.29) is 11.8 Å². The van der Waals surface area contributed by atoms with Crippen molar-refractivity contribution in [1.29, 1.82) is 0 Å². The average Bonchev–Trinajstić information content (AvgIpc) is 3.24. The van der Waals surface area contributed by atoms with Crippen LogP contribution in [-0.2, 0) is 4.79 Å². The largest absolute Gasteiger partial charge is 0.370 e. The Labute approximate surface area is 178 Å². The van der Waals surface area contributed by atoms with Gasteiger partial charge in [-0.15, -0.1) is 0 Å². The first-order chi connectivity index (χ1) is 14.1. The fourth-order valence-electron chi connectivity index (χ4n) is 4.65. The monoisotopic (exact) mass is 411 g/mol. The van der Waals surface area contributed by atoms with Gasteiger partial charge in [0, 0.05) is 41.4 Å². The lowest BCUT2D eigenvalue weighted by molar-refractivity contribution is -0.120. The van der Waals surface area contributed by atoms with Gasteiger partial charge in [-0.3, -0.25) is 4.79 Å². The molecule has 1 aliphatic carbocycles. The van der Waals surface area contributed by atoms with Gasteiger partial charge in [0.25, 0.3) is 0 Å². The Morgan fingerprint density at radius 2 is 1.66 bits per heavy atom. The maximum atomic E-state index is 12.7. The molecule has 29 heavy (non-hydrogen) atoms. The standard InChI is InChI=1S/C24H30ClN3O/c1-26-22-14-15-28(16-22)23-12-10-21(11-13-23)27-24(29)19-4-2-17(3-5-19)18-6-8-20(25)9-7-18/h6-13,17,19,22,26H,2-5,14-16H2,1H3,(H,27,29). The zero-order valence-corrected chi connectivity index (χ0v) is 17.8. The molecule has 0 radical (unpaired) electrons. The summed E-state index contributed by atoms with van der Waals surface area (Å²) in [5.41, 5.74) is 3.46. The Morgan fingerprint density at radius 1 is 0.966 bits per heavy atom. The second-order valence-corrected chi connectivity index (χ2v) is 8.79. The van der Waals surface area contributed by atoms with E-state index in [1.165, 1.54) is 17.7 Å². The van der Waals surface area contributed by atoms with E-state index in [9.17, 15) is 4.79 Å². The summed E-state index contributed by atoms with van der Waals surface area (Å²) in [7, 11) is 2.02. The first-order valence-electron chi connectivity index (χ1n) is 10.7. The Kier molecular flexibility index (Phi) is 6.41. The lowest BCUT2D eigenvalue weighted by Gasteiger charge is -2.28. The number of anilines is 2. The van der Waals surface area contributed by atoms with Crippen molar-refractivity contribution in [3.8, 4) is 0 Å². The SMILES string of the molecule is CNC1CCN(c2ccc(NC(=O)C3CCC(c4ccc(Cl)cc4)CC3)cc2)C1. The van der Waals surface area contributed by atoms with Crippen LogP contribution in [0.15, 0.2) is 48.5 Å². The van der Waals surface area contributed by atoms with Gasteiger partial charge in [0.2, 0.25) is 5.91 Å². The Bertz CT molecular complexity index is 813. The van der Waals surface area contributed by atoms with Crippen molar-refractivity contribution >= 4 is 28.9 Å². The number of benzene rings is 2. The molecule has 2 aliphatic rings. The van der Waals surface area contributed by atoms with E-state index in [0.717, 1.165) is 49.5 Å². The summed E-state index contributed by atoms with van der Waals surface area (Å²) in [5.74, 6) is 0.800. The highest BCUT2D eigenvalue weighted by Crippen LogP contribution is 2.36. The second kappa shape index (κ2) is 9.19. The molecule has 1 atom stereocenters. The predicted molar refractivity (Wildman–Crippen MR) is 121 cm³/mol. The molecule has 1 unspecified atom stereocenters. The van der Waals surface area contributed by atoms with E-state index < -0.39 is 0 Å². The summed E-state index contributed by atoms with van der Waals surface area (Å²) in [4.78, 5) is 15.1. The summed E-state index contributed by atoms with van der Waals surface area (Å²) in [6.45, 7) is 2.12. The van der Waals surface area contributed by atoms with Gasteiger partial charge in [-0.1, -0.05) is 23.7 Å². The van der Waals surface area contributed by atoms with Crippen molar-refractivity contribution in [1.82, 2.24) is 5.32 Å². The number of nitrogens with one attached hydrogen (secondary N) is 2. The van der Waals surface area contributed by atoms with Crippen molar-refractivity contribution in [3.63, 3.8) is 0 Å². The number of hydrogen-bond donors (Lipinski definition) is 2. The van der Waals surface area contributed by atoms with Gasteiger partial charge in [-0.05, 0) is 87.0 Å². The molecule has 2 aromatic rings. The molecule has 4 rings (SSSR count). The van der Waals surface area contributed by atoms with Crippen LogP contribution in [-0.4, -0.2) is 32.1 Å². The summed E-state index contributed by atoms with van der Waals surface area (Å²) in [5, 5.41) is 7.25. The molecule has 1 amide bonds. The van der Waals surface area contributed by atoms with Crippen LogP contribution in [0.4, 0.5) is 11.4 Å². The number of carbonyl (C=O) groups excluding carboxylic acids is 1. The van der Waals surface area contributed by atoms with Crippen LogP contribution >= 0.6 is 11.6 Å². The highest BCUT2D eigenvalue weighted by atomic mass is 35.5. The van der Waals surface area contributed by atoms with Gasteiger partial charge in [0.05, 0.1) is 0 Å². The van der Waals surface area contributed by atoms with Crippen LogP contribution in [0.1, 0.15) is 43.6 Å². The van der Waals surface area contributed by atoms with Crippen LogP contribution < -0.4 is 15.5 Å². The summed E-state index contributed by atoms with van der Waals surface area (Å²) >= 11 is 5.99. The fraction of sp³-hybridized carbons (Fsp3) is 0.458. The van der Waals surface area contributed by atoms with Crippen LogP contribution in [0.2, 0.25) is 5.02 Å². The van der Waals surface area contributed by atoms with Crippen molar-refractivity contribution in [2.75, 3.05) is 30.4 Å². The topological polar surface area (TPSA) is 44.4 Å². The number of hydrogen-bond acceptors (Lipinski definition) is 3. The van der Waals surface area contributed by atoms with Gasteiger partial charge in [0.1, 0.15) is 0 Å². The zero-order valence-electron chi connectivity index (χ0n) is 17.0. The maximum Gasteiger partial charge on any atom is 0.227 e. The minimum absolute atomic E-state index is 0.105. The van der Waals surface area contributed by atoms with Crippen LogP contribution in [0.25, 0.3) is 0 Å². The molecule has 5 heteroatoms. The van der Waals surface area contributed by atoms with Crippen LogP contribution in [0.5, 0.6) is 0 Å². The summed E-state index contributed by atoms with van der Waals surface area (Å²) < 4.78 is 0. The third-order valence-corrected chi connectivity index (χ3v) is 6.79. The van der Waals surface area contributed by atoms with Gasteiger partial charge in [-0.2, -0.15) is 0 Å². The zero-order chi connectivity index (χ0) is 20.2. The quantitative estimate of drug-likeness (QED) is 0.723. The molecule has 4 nitrogen and oxygen atoms in total. The third kappa shape index (κ3) is 4.93. The molecular weight excluding hydrogens is 382 g/mol. The third-order valence-electron chi connectivity index (χ3n) is 6.54. The van der Waals surface area contributed by atoms with Crippen LogP contribution in [0, 0.1) is 5.92 Å². The molecule has 1 heterocycles. The molecular formula is C24H30ClN3O. The Morgan fingerprint density at radius 3 is 2.28 bits per heavy atom. The molecule has 154 valence electrons. The first-order valence-corrected chi connectivity index (χ1v) is 11.1. The van der Waals surface area contributed by atoms with E-state index in [0.29, 0.717) is 12.0 Å². The molecule has 2 aromatic carbocycles. The molecule has 1 aliphatic heterocycles. The van der Waals surface area contributed by atoms with Crippen molar-refractivity contribution in [3.05, 3.63) is 59.1 Å². The molecule has 0 aromatic heterocycles. The van der Waals surface area contributed by atoms with E-state index in [4.69, 9.17) is 11.6 Å². The van der Waals surface area contributed by atoms with E-state index in [1.807, 2.05) is 31.3 Å². The molecule has 0 spiro atoms. The van der Waals surface area contributed by atoms with Crippen molar-refractivity contribution < 1.29 is 4.79 Å². The molecule has 0 bridgehead atoms. The Balaban J connectivity index is 1.28. The van der Waals surface area contributed by atoms with Gasteiger partial charge < -0.3 is 15.5 Å². The first kappa shape index (κ1) is 20.2. The molecule has 2 N–H and O–H groups in total. The smallest absolute Gasteiger partial charge is 0.227 e. The van der Waals surface area contributed by atoms with Crippen molar-refractivity contribution in [2.45, 2.75) is 44.1 Å². The van der Waals surface area contributed by atoms with Crippen LogP contribution in [0.3, 0.4) is 0 Å². The molecule has 1 saturated heterocycles. The molecule has 1 saturated carbocycles. The summed E-state index contributed by atoms with van der Waals surface area (Å²) in [6, 6.07) is 17.0. The number of carbonyl (C=O) groups is 1. The van der Waals surface area contributed by atoms with Crippen molar-refractivity contribution in [2.24, 2.45) is 5.92 Å². The second-order valence-electron chi connectivity index (χ2n) is 8.36. The average molecular weight is 412 g/mol. The Hall–Kier alpha value is -2.04. The lowest BCUT2D eigenvalue weighted by atomic mass is 9.78. The minimum Gasteiger partial charge on any atom is -0.370 e. The van der Waals surface area contributed by atoms with E-state index in [2.05, 4.69) is 39.8 Å². The van der Waals surface area contributed by atoms with Gasteiger partial charge >= 0.3 is 0 Å². The number of halogens is 1. The maximum absolute atomic E-state index is 12.7. The molecule has 2 fully saturated rings. The van der Waals surface area contributed by atoms with Gasteiger partial charge in [0.15, 0.2) is 0 Å². The normalized spacial score (nSPS) is 24.5. The number of likely N-dealkylation sites (N-methyl/N-ethyl adjacent to an activating group) is 1. The fourth-order valence-corrected chi connectivity index (χ4v) is 4.78. The summed E-state index contributed by atoms with van der Waals surface area (Å²) in [6.07, 6.45) is 5.17. The van der Waals surface area contributed by atoms with E-state index in [1.54, 1.807) is 0 Å². The van der Waals surface area contributed by atoms with Gasteiger partial charge in [-0.25, -0.2) is 0 Å². The number of nitrogens with zero attached hydrogens (tertiary/aromatic N) is 1. The highest BCUT2D eigenvalue weighted by molar-refractivity contribution is 6.30. The predicted octanol–water partition coefficient (Wildman–Crippen LogP) is 5.05. The minimum atomic E-state index is 0.105. The number of rotatable bonds is 5. The van der Waals surface area contributed by atoms with E-state index >= 15 is 0 Å². The lowest BCUT2D eigenvalue weighted by Crippen LogP contribution is -2.29.